The van der Waals surface area contributed by atoms with Crippen LogP contribution >= 0.6 is 23.2 Å². The molecular formula is C15H16Cl2NO2Y-. The summed E-state index contributed by atoms with van der Waals surface area (Å²) in [4.78, 5) is 13.7. The minimum Gasteiger partial charge on any atom is -0.494 e. The first-order chi connectivity index (χ1) is 9.58. The Morgan fingerprint density at radius 3 is 2.71 bits per heavy atom. The maximum absolute atomic E-state index is 12.1. The van der Waals surface area contributed by atoms with Crippen molar-refractivity contribution in [3.8, 4) is 5.75 Å². The van der Waals surface area contributed by atoms with E-state index in [1.165, 1.54) is 0 Å². The minimum atomic E-state index is -0.542. The molecule has 21 heavy (non-hydrogen) atoms. The van der Waals surface area contributed by atoms with E-state index in [0.717, 1.165) is 5.56 Å². The number of benzene rings is 1. The van der Waals surface area contributed by atoms with Gasteiger partial charge in [-0.3, -0.25) is 4.79 Å². The van der Waals surface area contributed by atoms with E-state index in [4.69, 9.17) is 27.9 Å². The maximum Gasteiger partial charge on any atom is 0.241 e. The number of halogens is 2. The van der Waals surface area contributed by atoms with Crippen LogP contribution in [0, 0.1) is 6.08 Å². The Bertz CT molecular complexity index is 548. The van der Waals surface area contributed by atoms with Crippen molar-refractivity contribution in [1.82, 2.24) is 4.90 Å². The molecule has 0 aromatic heterocycles. The molecule has 1 atom stereocenters. The smallest absolute Gasteiger partial charge is 0.241 e. The van der Waals surface area contributed by atoms with Crippen molar-refractivity contribution in [3.05, 3.63) is 34.9 Å². The summed E-state index contributed by atoms with van der Waals surface area (Å²) in [6.45, 7) is 4.93. The van der Waals surface area contributed by atoms with Crippen LogP contribution in [0.2, 0.25) is 5.02 Å². The summed E-state index contributed by atoms with van der Waals surface area (Å²) in [6, 6.07) is 5.44. The van der Waals surface area contributed by atoms with Crippen LogP contribution in [0.5, 0.6) is 5.75 Å². The van der Waals surface area contributed by atoms with Crippen LogP contribution in [-0.4, -0.2) is 29.3 Å². The molecule has 6 heteroatoms. The van der Waals surface area contributed by atoms with E-state index in [9.17, 15) is 4.79 Å². The second-order valence-electron chi connectivity index (χ2n) is 4.35. The molecule has 0 spiro atoms. The third kappa shape index (κ3) is 4.22. The normalized spacial score (nSPS) is 18.1. The van der Waals surface area contributed by atoms with E-state index in [2.05, 4.69) is 6.08 Å². The van der Waals surface area contributed by atoms with Crippen molar-refractivity contribution in [1.29, 1.82) is 0 Å². The van der Waals surface area contributed by atoms with Gasteiger partial charge in [-0.05, 0) is 31.0 Å². The molecule has 0 aliphatic carbocycles. The van der Waals surface area contributed by atoms with E-state index >= 15 is 0 Å². The number of hydrogen-bond acceptors (Lipinski definition) is 2. The van der Waals surface area contributed by atoms with Crippen LogP contribution in [0.15, 0.2) is 18.2 Å². The number of alkyl halides is 1. The van der Waals surface area contributed by atoms with Gasteiger partial charge < -0.3 is 9.64 Å². The molecular weight excluding hydrogens is 386 g/mol. The Kier molecular flexibility index (Phi) is 7.69. The summed E-state index contributed by atoms with van der Waals surface area (Å²) in [7, 11) is 0. The van der Waals surface area contributed by atoms with Gasteiger partial charge in [-0.25, -0.2) is 6.08 Å². The van der Waals surface area contributed by atoms with Gasteiger partial charge in [-0.15, -0.1) is 40.5 Å². The van der Waals surface area contributed by atoms with Gasteiger partial charge in [0.15, 0.2) is 0 Å². The summed E-state index contributed by atoms with van der Waals surface area (Å²) < 4.78 is 5.40. The van der Waals surface area contributed by atoms with E-state index in [1.807, 2.05) is 26.0 Å². The predicted octanol–water partition coefficient (Wildman–Crippen LogP) is 3.74. The number of carbonyl (C=O) groups is 1. The molecule has 1 aromatic carbocycles. The Morgan fingerprint density at radius 2 is 2.14 bits per heavy atom. The van der Waals surface area contributed by atoms with Gasteiger partial charge in [0.05, 0.1) is 6.61 Å². The topological polar surface area (TPSA) is 29.5 Å². The molecule has 0 saturated carbocycles. The maximum atomic E-state index is 12.1. The number of rotatable bonds is 4. The zero-order valence-electron chi connectivity index (χ0n) is 12.0. The fraction of sp³-hybridized carbons (Fsp3) is 0.400. The minimum absolute atomic E-state index is 0. The molecule has 2 rings (SSSR count). The summed E-state index contributed by atoms with van der Waals surface area (Å²) in [5.41, 5.74) is 1.47. The zero-order chi connectivity index (χ0) is 14.7. The van der Waals surface area contributed by atoms with Gasteiger partial charge in [0.25, 0.3) is 0 Å². The molecule has 1 aliphatic heterocycles. The van der Waals surface area contributed by atoms with Gasteiger partial charge >= 0.3 is 0 Å². The zero-order valence-corrected chi connectivity index (χ0v) is 16.4. The first-order valence-corrected chi connectivity index (χ1v) is 7.38. The van der Waals surface area contributed by atoms with Crippen LogP contribution in [0.1, 0.15) is 25.8 Å². The van der Waals surface area contributed by atoms with Crippen LogP contribution in [0.4, 0.5) is 0 Å². The van der Waals surface area contributed by atoms with Gasteiger partial charge in [-0.2, -0.15) is 0 Å². The molecule has 0 fully saturated rings. The van der Waals surface area contributed by atoms with Crippen LogP contribution in [-0.2, 0) is 37.5 Å². The second-order valence-corrected chi connectivity index (χ2v) is 5.29. The molecule has 3 nitrogen and oxygen atoms in total. The Morgan fingerprint density at radius 1 is 1.43 bits per heavy atom. The van der Waals surface area contributed by atoms with Crippen molar-refractivity contribution in [2.24, 2.45) is 0 Å². The van der Waals surface area contributed by atoms with Crippen LogP contribution in [0.25, 0.3) is 5.70 Å². The summed E-state index contributed by atoms with van der Waals surface area (Å²) in [5, 5.41) is -0.00195. The van der Waals surface area contributed by atoms with Crippen molar-refractivity contribution in [3.63, 3.8) is 0 Å². The fourth-order valence-corrected chi connectivity index (χ4v) is 2.60. The molecule has 1 radical (unpaired) electrons. The second kappa shape index (κ2) is 8.52. The van der Waals surface area contributed by atoms with E-state index in [0.29, 0.717) is 36.0 Å². The number of allylic oxidation sites excluding steroid dienone is 1. The first kappa shape index (κ1) is 19.0. The predicted molar refractivity (Wildman–Crippen MR) is 80.9 cm³/mol. The molecule has 0 saturated heterocycles. The number of carbonyl (C=O) groups excluding carboxylic acids is 1. The summed E-state index contributed by atoms with van der Waals surface area (Å²) >= 11 is 12.3. The standard InChI is InChI=1S/C15H16Cl2NO2.Y/c1-3-18-14(8-7-12(16)15(18)19)11-6-5-10(20-4-2)9-13(11)17;/h5-6,9,12H,3-4,7H2,1-2H3;/q-1;. The van der Waals surface area contributed by atoms with Crippen LogP contribution < -0.4 is 4.74 Å². The molecule has 1 heterocycles. The molecule has 111 valence electrons. The number of ether oxygens (including phenoxy) is 1. The van der Waals surface area contributed by atoms with E-state index in [-0.39, 0.29) is 38.6 Å². The molecule has 1 aromatic rings. The quantitative estimate of drug-likeness (QED) is 0.568. The van der Waals surface area contributed by atoms with E-state index in [1.54, 1.807) is 11.0 Å². The molecule has 0 bridgehead atoms. The van der Waals surface area contributed by atoms with Crippen LogP contribution in [0.3, 0.4) is 0 Å². The number of hydrogen-bond donors (Lipinski definition) is 0. The molecule has 1 amide bonds. The molecule has 0 N–H and O–H groups in total. The van der Waals surface area contributed by atoms with Crippen molar-refractivity contribution in [2.75, 3.05) is 13.2 Å². The van der Waals surface area contributed by atoms with Gasteiger partial charge in [-0.1, -0.05) is 6.42 Å². The third-order valence-corrected chi connectivity index (χ3v) is 3.73. The van der Waals surface area contributed by atoms with Crippen molar-refractivity contribution >= 4 is 34.8 Å². The van der Waals surface area contributed by atoms with Gasteiger partial charge in [0, 0.05) is 39.3 Å². The number of amides is 1. The molecule has 1 aliphatic rings. The Labute approximate surface area is 160 Å². The van der Waals surface area contributed by atoms with Crippen molar-refractivity contribution < 1.29 is 42.2 Å². The summed E-state index contributed by atoms with van der Waals surface area (Å²) in [5.74, 6) is 0.607. The average molecular weight is 402 g/mol. The van der Waals surface area contributed by atoms with Gasteiger partial charge in [0.2, 0.25) is 5.91 Å². The largest absolute Gasteiger partial charge is 0.494 e. The van der Waals surface area contributed by atoms with E-state index < -0.39 is 5.38 Å². The first-order valence-electron chi connectivity index (χ1n) is 6.57. The SMILES string of the molecule is CCOc1ccc(C2=[C-]CC(Cl)C(=O)N2CC)c(Cl)c1.[Y]. The fourth-order valence-electron chi connectivity index (χ4n) is 2.15. The van der Waals surface area contributed by atoms with Gasteiger partial charge in [0.1, 0.15) is 11.1 Å². The monoisotopic (exact) mass is 401 g/mol. The average Bonchev–Trinajstić information content (AvgIpc) is 2.43. The Balaban J connectivity index is 0.00000220. The number of nitrogens with zero attached hydrogens (tertiary/aromatic N) is 1. The Hall–Kier alpha value is -0.0861. The third-order valence-electron chi connectivity index (χ3n) is 3.08. The summed E-state index contributed by atoms with van der Waals surface area (Å²) in [6.07, 6.45) is 3.57. The van der Waals surface area contributed by atoms with Crippen molar-refractivity contribution in [2.45, 2.75) is 25.6 Å². The molecule has 1 unspecified atom stereocenters.